The summed E-state index contributed by atoms with van der Waals surface area (Å²) in [4.78, 5) is 26.9. The number of amides is 2. The van der Waals surface area contributed by atoms with E-state index >= 15 is 0 Å². The second-order valence-electron chi connectivity index (χ2n) is 6.58. The minimum Gasteiger partial charge on any atom is -0.444 e. The number of hydrogen-bond acceptors (Lipinski definition) is 5. The molecule has 2 fully saturated rings. The Bertz CT molecular complexity index is 407. The minimum atomic E-state index is -0.594. The Labute approximate surface area is 124 Å². The Morgan fingerprint density at radius 2 is 2.14 bits per heavy atom. The molecular weight excluding hydrogens is 276 g/mol. The van der Waals surface area contributed by atoms with Gasteiger partial charge in [-0.2, -0.15) is 0 Å². The van der Waals surface area contributed by atoms with Gasteiger partial charge in [0.05, 0.1) is 31.8 Å². The van der Waals surface area contributed by atoms with Crippen LogP contribution in [0.1, 0.15) is 27.2 Å². The standard InChI is InChI=1S/C14H24N2O5/c1-14(2,3)21-13(19)15-4-5-20-11(8-15)9-16-7-10(17)6-12(16)18/h10-11,17H,4-9H2,1-3H3/t10?,11-/m0/s1. The third-order valence-corrected chi connectivity index (χ3v) is 3.41. The summed E-state index contributed by atoms with van der Waals surface area (Å²) >= 11 is 0. The number of rotatable bonds is 2. The molecule has 0 radical (unpaired) electrons. The first-order chi connectivity index (χ1) is 9.74. The fraction of sp³-hybridized carbons (Fsp3) is 0.857. The van der Waals surface area contributed by atoms with Crippen LogP contribution in [-0.4, -0.2) is 77.5 Å². The molecule has 0 aromatic heterocycles. The highest BCUT2D eigenvalue weighted by Crippen LogP contribution is 2.16. The van der Waals surface area contributed by atoms with Crippen molar-refractivity contribution in [3.05, 3.63) is 0 Å². The molecular formula is C14H24N2O5. The van der Waals surface area contributed by atoms with Gasteiger partial charge in [0.15, 0.2) is 0 Å². The molecule has 2 rings (SSSR count). The molecule has 2 saturated heterocycles. The van der Waals surface area contributed by atoms with Gasteiger partial charge in [-0.25, -0.2) is 4.79 Å². The molecule has 120 valence electrons. The topological polar surface area (TPSA) is 79.3 Å². The fourth-order valence-corrected chi connectivity index (χ4v) is 2.50. The predicted molar refractivity (Wildman–Crippen MR) is 74.8 cm³/mol. The molecule has 21 heavy (non-hydrogen) atoms. The van der Waals surface area contributed by atoms with Gasteiger partial charge < -0.3 is 24.4 Å². The first-order valence-electron chi connectivity index (χ1n) is 7.30. The van der Waals surface area contributed by atoms with E-state index in [0.717, 1.165) is 0 Å². The van der Waals surface area contributed by atoms with Crippen LogP contribution < -0.4 is 0 Å². The van der Waals surface area contributed by atoms with Gasteiger partial charge in [-0.1, -0.05) is 0 Å². The molecule has 7 heteroatoms. The van der Waals surface area contributed by atoms with Crippen LogP contribution in [0.15, 0.2) is 0 Å². The smallest absolute Gasteiger partial charge is 0.410 e. The summed E-state index contributed by atoms with van der Waals surface area (Å²) in [6, 6.07) is 0. The van der Waals surface area contributed by atoms with E-state index in [4.69, 9.17) is 9.47 Å². The Morgan fingerprint density at radius 1 is 1.43 bits per heavy atom. The van der Waals surface area contributed by atoms with Gasteiger partial charge in [-0.15, -0.1) is 0 Å². The van der Waals surface area contributed by atoms with E-state index in [1.165, 1.54) is 0 Å². The monoisotopic (exact) mass is 300 g/mol. The third-order valence-electron chi connectivity index (χ3n) is 3.41. The zero-order valence-electron chi connectivity index (χ0n) is 12.9. The van der Waals surface area contributed by atoms with Crippen LogP contribution >= 0.6 is 0 Å². The van der Waals surface area contributed by atoms with Crippen molar-refractivity contribution in [3.8, 4) is 0 Å². The molecule has 0 spiro atoms. The van der Waals surface area contributed by atoms with E-state index in [0.29, 0.717) is 32.8 Å². The number of carbonyl (C=O) groups is 2. The quantitative estimate of drug-likeness (QED) is 0.789. The molecule has 7 nitrogen and oxygen atoms in total. The second kappa shape index (κ2) is 6.19. The molecule has 0 saturated carbocycles. The Balaban J connectivity index is 1.86. The average molecular weight is 300 g/mol. The largest absolute Gasteiger partial charge is 0.444 e. The third kappa shape index (κ3) is 4.57. The summed E-state index contributed by atoms with van der Waals surface area (Å²) < 4.78 is 11.0. The van der Waals surface area contributed by atoms with Gasteiger partial charge in [0.1, 0.15) is 5.60 Å². The Morgan fingerprint density at radius 3 is 2.71 bits per heavy atom. The number of aliphatic hydroxyl groups excluding tert-OH is 1. The lowest BCUT2D eigenvalue weighted by molar-refractivity contribution is -0.130. The summed E-state index contributed by atoms with van der Waals surface area (Å²) in [5.74, 6) is -0.0690. The average Bonchev–Trinajstić information content (AvgIpc) is 2.66. The molecule has 1 unspecified atom stereocenters. The molecule has 0 bridgehead atoms. The first-order valence-corrected chi connectivity index (χ1v) is 7.30. The van der Waals surface area contributed by atoms with Crippen LogP contribution in [0.4, 0.5) is 4.79 Å². The normalized spacial score (nSPS) is 27.1. The van der Waals surface area contributed by atoms with Crippen molar-refractivity contribution in [3.63, 3.8) is 0 Å². The maximum atomic E-state index is 12.0. The highest BCUT2D eigenvalue weighted by molar-refractivity contribution is 5.79. The molecule has 1 N–H and O–H groups in total. The summed E-state index contributed by atoms with van der Waals surface area (Å²) in [5, 5.41) is 9.48. The van der Waals surface area contributed by atoms with Crippen molar-refractivity contribution in [1.29, 1.82) is 0 Å². The minimum absolute atomic E-state index is 0.0690. The predicted octanol–water partition coefficient (Wildman–Crippen LogP) is 0.215. The Kier molecular flexibility index (Phi) is 4.73. The van der Waals surface area contributed by atoms with E-state index in [2.05, 4.69) is 0 Å². The van der Waals surface area contributed by atoms with Crippen molar-refractivity contribution in [2.24, 2.45) is 0 Å². The Hall–Kier alpha value is -1.34. The number of likely N-dealkylation sites (tertiary alicyclic amines) is 1. The highest BCUT2D eigenvalue weighted by Gasteiger charge is 2.33. The SMILES string of the molecule is CC(C)(C)OC(=O)N1CCO[C@H](CN2CC(O)CC2=O)C1. The molecule has 2 amide bonds. The fourth-order valence-electron chi connectivity index (χ4n) is 2.50. The van der Waals surface area contributed by atoms with Crippen LogP contribution in [-0.2, 0) is 14.3 Å². The zero-order chi connectivity index (χ0) is 15.6. The lowest BCUT2D eigenvalue weighted by atomic mass is 10.2. The number of nitrogens with zero attached hydrogens (tertiary/aromatic N) is 2. The van der Waals surface area contributed by atoms with Crippen molar-refractivity contribution >= 4 is 12.0 Å². The molecule has 2 aliphatic heterocycles. The van der Waals surface area contributed by atoms with Crippen LogP contribution in [0.3, 0.4) is 0 Å². The van der Waals surface area contributed by atoms with E-state index in [9.17, 15) is 14.7 Å². The van der Waals surface area contributed by atoms with E-state index in [-0.39, 0.29) is 24.5 Å². The number of hydrogen-bond donors (Lipinski definition) is 1. The van der Waals surface area contributed by atoms with Crippen LogP contribution in [0, 0.1) is 0 Å². The van der Waals surface area contributed by atoms with Gasteiger partial charge >= 0.3 is 6.09 Å². The molecule has 0 aliphatic carbocycles. The van der Waals surface area contributed by atoms with Crippen LogP contribution in [0.25, 0.3) is 0 Å². The first kappa shape index (κ1) is 16.0. The van der Waals surface area contributed by atoms with Gasteiger partial charge in [-0.05, 0) is 20.8 Å². The zero-order valence-corrected chi connectivity index (χ0v) is 12.9. The maximum Gasteiger partial charge on any atom is 0.410 e. The number of aliphatic hydroxyl groups is 1. The summed E-state index contributed by atoms with van der Waals surface area (Å²) in [6.45, 7) is 7.53. The highest BCUT2D eigenvalue weighted by atomic mass is 16.6. The van der Waals surface area contributed by atoms with Crippen LogP contribution in [0.2, 0.25) is 0 Å². The summed E-state index contributed by atoms with van der Waals surface area (Å²) in [6.07, 6.45) is -1.02. The molecule has 0 aromatic rings. The summed E-state index contributed by atoms with van der Waals surface area (Å²) in [5.41, 5.74) is -0.528. The van der Waals surface area contributed by atoms with Crippen LogP contribution in [0.5, 0.6) is 0 Å². The second-order valence-corrected chi connectivity index (χ2v) is 6.58. The maximum absolute atomic E-state index is 12.0. The van der Waals surface area contributed by atoms with Crippen molar-refractivity contribution < 1.29 is 24.2 Å². The molecule has 0 aromatic carbocycles. The van der Waals surface area contributed by atoms with Crippen molar-refractivity contribution in [1.82, 2.24) is 9.80 Å². The number of β-amino-alcohol motifs (C(OH)–C–C–N with tert-alkyl or cyclic N) is 1. The van der Waals surface area contributed by atoms with Crippen molar-refractivity contribution in [2.45, 2.75) is 45.0 Å². The number of morpholine rings is 1. The van der Waals surface area contributed by atoms with E-state index < -0.39 is 11.7 Å². The number of carbonyl (C=O) groups excluding carboxylic acids is 2. The molecule has 2 atom stereocenters. The van der Waals surface area contributed by atoms with Gasteiger partial charge in [0.25, 0.3) is 0 Å². The molecule has 2 heterocycles. The lowest BCUT2D eigenvalue weighted by Gasteiger charge is -2.35. The van der Waals surface area contributed by atoms with E-state index in [1.54, 1.807) is 9.80 Å². The van der Waals surface area contributed by atoms with Gasteiger partial charge in [-0.3, -0.25) is 4.79 Å². The lowest BCUT2D eigenvalue weighted by Crippen LogP contribution is -2.51. The van der Waals surface area contributed by atoms with E-state index in [1.807, 2.05) is 20.8 Å². The molecule has 2 aliphatic rings. The van der Waals surface area contributed by atoms with Gasteiger partial charge in [0.2, 0.25) is 5.91 Å². The van der Waals surface area contributed by atoms with Gasteiger partial charge in [0, 0.05) is 19.6 Å². The van der Waals surface area contributed by atoms with Crippen molar-refractivity contribution in [2.75, 3.05) is 32.8 Å². The summed E-state index contributed by atoms with van der Waals surface area (Å²) in [7, 11) is 0. The number of ether oxygens (including phenoxy) is 2.